The first-order valence-electron chi connectivity index (χ1n) is 12.2. The summed E-state index contributed by atoms with van der Waals surface area (Å²) in [5, 5.41) is 7.45. The summed E-state index contributed by atoms with van der Waals surface area (Å²) in [5.74, 6) is 1.66. The Labute approximate surface area is 216 Å². The minimum atomic E-state index is -0.426. The molecule has 1 aromatic heterocycles. The lowest BCUT2D eigenvalue weighted by molar-refractivity contribution is 0.203. The summed E-state index contributed by atoms with van der Waals surface area (Å²) in [4.78, 5) is 19.9. The fourth-order valence-corrected chi connectivity index (χ4v) is 4.51. The average Bonchev–Trinajstić information content (AvgIpc) is 3.38. The zero-order valence-electron chi connectivity index (χ0n) is 21.7. The van der Waals surface area contributed by atoms with Gasteiger partial charge in [-0.2, -0.15) is 4.98 Å². The first kappa shape index (κ1) is 24.3. The monoisotopic (exact) mass is 494 g/mol. The summed E-state index contributed by atoms with van der Waals surface area (Å²) in [6.45, 7) is 8.50. The van der Waals surface area contributed by atoms with E-state index < -0.39 is 6.04 Å². The third-order valence-electron chi connectivity index (χ3n) is 6.93. The second-order valence-corrected chi connectivity index (χ2v) is 9.45. The smallest absolute Gasteiger partial charge is 0.322 e. The van der Waals surface area contributed by atoms with Crippen LogP contribution >= 0.6 is 0 Å². The van der Waals surface area contributed by atoms with Crippen molar-refractivity contribution in [3.63, 3.8) is 0 Å². The summed E-state index contributed by atoms with van der Waals surface area (Å²) in [6, 6.07) is 21.3. The quantitative estimate of drug-likeness (QED) is 0.337. The number of benzene rings is 3. The molecule has 5 rings (SSSR count). The Balaban J connectivity index is 1.58. The van der Waals surface area contributed by atoms with Crippen molar-refractivity contribution >= 4 is 11.6 Å². The van der Waals surface area contributed by atoms with Crippen LogP contribution in [0.25, 0.3) is 17.0 Å². The van der Waals surface area contributed by atoms with E-state index in [4.69, 9.17) is 14.2 Å². The SMILES string of the molecule is COc1ccc(CN2C(=O)NC(c3ccc(C)c(C)c3)C(c3nc(-c4ccc(C)cc4)no3)=C2C)cc1. The maximum absolute atomic E-state index is 13.4. The van der Waals surface area contributed by atoms with Crippen molar-refractivity contribution in [1.82, 2.24) is 20.4 Å². The van der Waals surface area contributed by atoms with Crippen molar-refractivity contribution in [2.45, 2.75) is 40.3 Å². The standard InChI is InChI=1S/C30H30N4O3/c1-18-6-11-23(12-7-18)28-32-29(37-33-28)26-21(4)34(17-22-9-14-25(36-5)15-10-22)30(35)31-27(26)24-13-8-19(2)20(3)16-24/h6-16,27H,17H2,1-5H3,(H,31,35). The lowest BCUT2D eigenvalue weighted by Gasteiger charge is -2.35. The number of rotatable bonds is 6. The molecule has 4 aromatic rings. The number of allylic oxidation sites excluding steroid dienone is 1. The number of nitrogens with zero attached hydrogens (tertiary/aromatic N) is 3. The van der Waals surface area contributed by atoms with E-state index >= 15 is 0 Å². The molecule has 0 saturated heterocycles. The van der Waals surface area contributed by atoms with Gasteiger partial charge in [0.05, 0.1) is 25.3 Å². The molecule has 37 heavy (non-hydrogen) atoms. The van der Waals surface area contributed by atoms with Gasteiger partial charge in [0, 0.05) is 11.3 Å². The van der Waals surface area contributed by atoms with Gasteiger partial charge in [-0.25, -0.2) is 4.79 Å². The van der Waals surface area contributed by atoms with Crippen molar-refractivity contribution < 1.29 is 14.1 Å². The minimum absolute atomic E-state index is 0.182. The average molecular weight is 495 g/mol. The number of hydrogen-bond donors (Lipinski definition) is 1. The normalized spacial score (nSPS) is 15.6. The third kappa shape index (κ3) is 4.85. The van der Waals surface area contributed by atoms with Gasteiger partial charge < -0.3 is 14.6 Å². The Morgan fingerprint density at radius 3 is 2.35 bits per heavy atom. The van der Waals surface area contributed by atoms with Crippen LogP contribution in [0.2, 0.25) is 0 Å². The molecule has 0 spiro atoms. The van der Waals surface area contributed by atoms with E-state index in [1.807, 2.05) is 68.4 Å². The number of aryl methyl sites for hydroxylation is 3. The molecular formula is C30H30N4O3. The van der Waals surface area contributed by atoms with Gasteiger partial charge in [-0.15, -0.1) is 0 Å². The summed E-state index contributed by atoms with van der Waals surface area (Å²) >= 11 is 0. The van der Waals surface area contributed by atoms with Crippen molar-refractivity contribution in [2.75, 3.05) is 7.11 Å². The number of ether oxygens (including phenoxy) is 1. The number of methoxy groups -OCH3 is 1. The highest BCUT2D eigenvalue weighted by Gasteiger charge is 2.36. The number of urea groups is 1. The van der Waals surface area contributed by atoms with Gasteiger partial charge >= 0.3 is 6.03 Å². The number of hydrogen-bond acceptors (Lipinski definition) is 5. The maximum atomic E-state index is 13.4. The molecule has 3 aromatic carbocycles. The van der Waals surface area contributed by atoms with Crippen molar-refractivity contribution in [2.24, 2.45) is 0 Å². The topological polar surface area (TPSA) is 80.5 Å². The Bertz CT molecular complexity index is 1470. The Morgan fingerprint density at radius 2 is 1.68 bits per heavy atom. The number of amides is 2. The van der Waals surface area contributed by atoms with Crippen molar-refractivity contribution in [3.8, 4) is 17.1 Å². The molecule has 7 nitrogen and oxygen atoms in total. The number of carbonyl (C=O) groups excluding carboxylic acids is 1. The van der Waals surface area contributed by atoms with Crippen LogP contribution in [0, 0.1) is 20.8 Å². The number of aromatic nitrogens is 2. The van der Waals surface area contributed by atoms with E-state index in [9.17, 15) is 4.79 Å². The molecular weight excluding hydrogens is 464 g/mol. The molecule has 0 aliphatic carbocycles. The van der Waals surface area contributed by atoms with Crippen LogP contribution < -0.4 is 10.1 Å². The molecule has 188 valence electrons. The predicted octanol–water partition coefficient (Wildman–Crippen LogP) is 6.37. The molecule has 1 N–H and O–H groups in total. The molecule has 0 bridgehead atoms. The van der Waals surface area contributed by atoms with E-state index in [1.54, 1.807) is 12.0 Å². The molecule has 0 radical (unpaired) electrons. The van der Waals surface area contributed by atoms with Crippen LogP contribution in [0.5, 0.6) is 5.75 Å². The Morgan fingerprint density at radius 1 is 0.946 bits per heavy atom. The molecule has 1 aliphatic rings. The number of carbonyl (C=O) groups is 1. The minimum Gasteiger partial charge on any atom is -0.497 e. The van der Waals surface area contributed by atoms with Crippen LogP contribution in [0.15, 0.2) is 77.0 Å². The molecule has 1 atom stereocenters. The number of nitrogens with one attached hydrogen (secondary N) is 1. The van der Waals surface area contributed by atoms with E-state index in [0.717, 1.165) is 44.8 Å². The fourth-order valence-electron chi connectivity index (χ4n) is 4.51. The van der Waals surface area contributed by atoms with E-state index in [2.05, 4.69) is 36.5 Å². The molecule has 7 heteroatoms. The van der Waals surface area contributed by atoms with Gasteiger partial charge in [0.15, 0.2) is 0 Å². The van der Waals surface area contributed by atoms with E-state index in [-0.39, 0.29) is 6.03 Å². The second kappa shape index (κ2) is 9.93. The Hall–Kier alpha value is -4.39. The lowest BCUT2D eigenvalue weighted by atomic mass is 9.92. The van der Waals surface area contributed by atoms with Gasteiger partial charge in [0.25, 0.3) is 5.89 Å². The maximum Gasteiger partial charge on any atom is 0.322 e. The first-order chi connectivity index (χ1) is 17.8. The predicted molar refractivity (Wildman–Crippen MR) is 143 cm³/mol. The zero-order chi connectivity index (χ0) is 26.1. The van der Waals surface area contributed by atoms with Crippen LogP contribution in [-0.4, -0.2) is 28.2 Å². The van der Waals surface area contributed by atoms with Gasteiger partial charge in [-0.05, 0) is 62.1 Å². The molecule has 2 heterocycles. The van der Waals surface area contributed by atoms with Crippen LogP contribution in [-0.2, 0) is 6.54 Å². The molecule has 1 aliphatic heterocycles. The lowest BCUT2D eigenvalue weighted by Crippen LogP contribution is -2.45. The fraction of sp³-hybridized carbons (Fsp3) is 0.233. The molecule has 2 amide bonds. The van der Waals surface area contributed by atoms with Gasteiger partial charge in [0.1, 0.15) is 5.75 Å². The van der Waals surface area contributed by atoms with E-state index in [0.29, 0.717) is 18.3 Å². The Kier molecular flexibility index (Phi) is 6.53. The highest BCUT2D eigenvalue weighted by atomic mass is 16.5. The van der Waals surface area contributed by atoms with Crippen LogP contribution in [0.3, 0.4) is 0 Å². The summed E-state index contributed by atoms with van der Waals surface area (Å²) in [5.41, 5.74) is 7.85. The highest BCUT2D eigenvalue weighted by Crippen LogP contribution is 2.38. The van der Waals surface area contributed by atoms with Gasteiger partial charge in [0.2, 0.25) is 5.82 Å². The highest BCUT2D eigenvalue weighted by molar-refractivity contribution is 5.87. The summed E-state index contributed by atoms with van der Waals surface area (Å²) in [6.07, 6.45) is 0. The largest absolute Gasteiger partial charge is 0.497 e. The first-order valence-corrected chi connectivity index (χ1v) is 12.2. The summed E-state index contributed by atoms with van der Waals surface area (Å²) < 4.78 is 11.1. The zero-order valence-corrected chi connectivity index (χ0v) is 21.7. The summed E-state index contributed by atoms with van der Waals surface area (Å²) in [7, 11) is 1.63. The van der Waals surface area contributed by atoms with Gasteiger partial charge in [-0.1, -0.05) is 65.3 Å². The van der Waals surface area contributed by atoms with Crippen LogP contribution in [0.1, 0.15) is 46.7 Å². The van der Waals surface area contributed by atoms with E-state index in [1.165, 1.54) is 5.56 Å². The van der Waals surface area contributed by atoms with Crippen LogP contribution in [0.4, 0.5) is 4.79 Å². The molecule has 0 fully saturated rings. The molecule has 0 saturated carbocycles. The van der Waals surface area contributed by atoms with Gasteiger partial charge in [-0.3, -0.25) is 4.90 Å². The van der Waals surface area contributed by atoms with Crippen molar-refractivity contribution in [1.29, 1.82) is 0 Å². The second-order valence-electron chi connectivity index (χ2n) is 9.45. The third-order valence-corrected chi connectivity index (χ3v) is 6.93. The van der Waals surface area contributed by atoms with Crippen molar-refractivity contribution in [3.05, 3.63) is 106 Å². The molecule has 1 unspecified atom stereocenters.